The number of guanidine groups is 1. The molecule has 0 saturated carbocycles. The van der Waals surface area contributed by atoms with Crippen molar-refractivity contribution in [2.24, 2.45) is 10.7 Å². The van der Waals surface area contributed by atoms with Crippen LogP contribution in [0.5, 0.6) is 0 Å². The van der Waals surface area contributed by atoms with Crippen LogP contribution in [0.15, 0.2) is 46.3 Å². The fourth-order valence-corrected chi connectivity index (χ4v) is 2.93. The first-order chi connectivity index (χ1) is 10.0. The summed E-state index contributed by atoms with van der Waals surface area (Å²) in [5.74, 6) is 0.456. The van der Waals surface area contributed by atoms with Crippen LogP contribution in [0.2, 0.25) is 5.02 Å². The van der Waals surface area contributed by atoms with Gasteiger partial charge in [0.25, 0.3) is 0 Å². The maximum absolute atomic E-state index is 6.09. The van der Waals surface area contributed by atoms with Crippen LogP contribution >= 0.6 is 27.5 Å². The van der Waals surface area contributed by atoms with E-state index in [1.807, 2.05) is 30.0 Å². The lowest BCUT2D eigenvalue weighted by atomic mass is 9.96. The van der Waals surface area contributed by atoms with Gasteiger partial charge in [-0.3, -0.25) is 19.9 Å². The standard InChI is InChI=1S/C14H13BrClN5/c1-14(12-7-18-4-5-19-12)8-20-13(17)21(14)9-2-3-11(16)10(15)6-9/h2-7H,8H2,1H3,(H2,17,20). The zero-order chi connectivity index (χ0) is 15.0. The number of hydrogen-bond donors (Lipinski definition) is 1. The normalized spacial score (nSPS) is 21.5. The van der Waals surface area contributed by atoms with Gasteiger partial charge in [-0.2, -0.15) is 0 Å². The Balaban J connectivity index is 2.09. The van der Waals surface area contributed by atoms with Gasteiger partial charge in [0.2, 0.25) is 0 Å². The Kier molecular flexibility index (Phi) is 3.59. The molecule has 1 aliphatic heterocycles. The molecule has 2 aromatic rings. The molecular formula is C14H13BrClN5. The van der Waals surface area contributed by atoms with Crippen LogP contribution in [0.1, 0.15) is 12.6 Å². The second-order valence-electron chi connectivity index (χ2n) is 4.97. The molecule has 2 N–H and O–H groups in total. The van der Waals surface area contributed by atoms with Gasteiger partial charge in [0.1, 0.15) is 5.54 Å². The van der Waals surface area contributed by atoms with Crippen LogP contribution in [0.4, 0.5) is 5.69 Å². The average Bonchev–Trinajstić information content (AvgIpc) is 2.80. The number of aromatic nitrogens is 2. The zero-order valence-corrected chi connectivity index (χ0v) is 13.6. The number of halogens is 2. The third kappa shape index (κ3) is 2.38. The second kappa shape index (κ2) is 5.27. The lowest BCUT2D eigenvalue weighted by molar-refractivity contribution is 0.513. The Bertz CT molecular complexity index is 706. The third-order valence-electron chi connectivity index (χ3n) is 3.55. The summed E-state index contributed by atoms with van der Waals surface area (Å²) >= 11 is 9.50. The van der Waals surface area contributed by atoms with Gasteiger partial charge < -0.3 is 5.73 Å². The van der Waals surface area contributed by atoms with Crippen molar-refractivity contribution in [2.45, 2.75) is 12.5 Å². The first kappa shape index (κ1) is 14.3. The summed E-state index contributed by atoms with van der Waals surface area (Å²) in [4.78, 5) is 14.9. The molecule has 5 nitrogen and oxygen atoms in total. The molecule has 0 radical (unpaired) electrons. The van der Waals surface area contributed by atoms with E-state index < -0.39 is 5.54 Å². The zero-order valence-electron chi connectivity index (χ0n) is 11.3. The fraction of sp³-hybridized carbons (Fsp3) is 0.214. The number of benzene rings is 1. The number of anilines is 1. The quantitative estimate of drug-likeness (QED) is 0.887. The average molecular weight is 367 g/mol. The lowest BCUT2D eigenvalue weighted by Crippen LogP contribution is -2.48. The van der Waals surface area contributed by atoms with Crippen molar-refractivity contribution in [3.63, 3.8) is 0 Å². The smallest absolute Gasteiger partial charge is 0.196 e. The third-order valence-corrected chi connectivity index (χ3v) is 4.76. The summed E-state index contributed by atoms with van der Waals surface area (Å²) in [6.07, 6.45) is 5.06. The van der Waals surface area contributed by atoms with Crippen molar-refractivity contribution < 1.29 is 0 Å². The summed E-state index contributed by atoms with van der Waals surface area (Å²) < 4.78 is 0.808. The van der Waals surface area contributed by atoms with Crippen molar-refractivity contribution in [2.75, 3.05) is 11.4 Å². The van der Waals surface area contributed by atoms with E-state index in [1.54, 1.807) is 18.6 Å². The maximum atomic E-state index is 6.09. The van der Waals surface area contributed by atoms with Gasteiger partial charge in [-0.25, -0.2) is 0 Å². The van der Waals surface area contributed by atoms with Gasteiger partial charge in [0.05, 0.1) is 23.5 Å². The predicted octanol–water partition coefficient (Wildman–Crippen LogP) is 2.94. The van der Waals surface area contributed by atoms with E-state index in [4.69, 9.17) is 17.3 Å². The van der Waals surface area contributed by atoms with Gasteiger partial charge in [-0.15, -0.1) is 0 Å². The fourth-order valence-electron chi connectivity index (χ4n) is 2.44. The maximum Gasteiger partial charge on any atom is 0.196 e. The molecule has 0 spiro atoms. The monoisotopic (exact) mass is 365 g/mol. The van der Waals surface area contributed by atoms with Gasteiger partial charge >= 0.3 is 0 Å². The van der Waals surface area contributed by atoms with Gasteiger partial charge in [-0.05, 0) is 41.1 Å². The molecular weight excluding hydrogens is 354 g/mol. The topological polar surface area (TPSA) is 67.4 Å². The Morgan fingerprint density at radius 3 is 2.86 bits per heavy atom. The Hall–Kier alpha value is -1.66. The van der Waals surface area contributed by atoms with E-state index in [2.05, 4.69) is 30.9 Å². The Labute approximate surface area is 136 Å². The molecule has 7 heteroatoms. The van der Waals surface area contributed by atoms with E-state index in [1.165, 1.54) is 0 Å². The molecule has 1 aromatic carbocycles. The van der Waals surface area contributed by atoms with Crippen LogP contribution in [0.25, 0.3) is 0 Å². The van der Waals surface area contributed by atoms with Crippen LogP contribution < -0.4 is 10.6 Å². The highest BCUT2D eigenvalue weighted by atomic mass is 79.9. The molecule has 0 fully saturated rings. The minimum Gasteiger partial charge on any atom is -0.369 e. The molecule has 1 aliphatic rings. The highest BCUT2D eigenvalue weighted by molar-refractivity contribution is 9.10. The molecule has 3 rings (SSSR count). The van der Waals surface area contributed by atoms with Crippen molar-refractivity contribution in [3.8, 4) is 0 Å². The molecule has 21 heavy (non-hydrogen) atoms. The summed E-state index contributed by atoms with van der Waals surface area (Å²) in [6.45, 7) is 2.57. The first-order valence-corrected chi connectivity index (χ1v) is 7.51. The highest BCUT2D eigenvalue weighted by Crippen LogP contribution is 2.37. The summed E-state index contributed by atoms with van der Waals surface area (Å²) in [6, 6.07) is 5.66. The minimum atomic E-state index is -0.467. The molecule has 1 unspecified atom stereocenters. The van der Waals surface area contributed by atoms with E-state index >= 15 is 0 Å². The van der Waals surface area contributed by atoms with Crippen LogP contribution in [-0.2, 0) is 5.54 Å². The van der Waals surface area contributed by atoms with Gasteiger partial charge in [-0.1, -0.05) is 11.6 Å². The molecule has 108 valence electrons. The SMILES string of the molecule is CC1(c2cnccn2)CN=C(N)N1c1ccc(Cl)c(Br)c1. The van der Waals surface area contributed by atoms with Crippen molar-refractivity contribution in [3.05, 3.63) is 52.0 Å². The molecule has 0 bridgehead atoms. The van der Waals surface area contributed by atoms with Gasteiger partial charge in [0, 0.05) is 22.6 Å². The summed E-state index contributed by atoms with van der Waals surface area (Å²) in [5.41, 5.74) is 7.35. The predicted molar refractivity (Wildman–Crippen MR) is 87.5 cm³/mol. The molecule has 1 aromatic heterocycles. The molecule has 2 heterocycles. The van der Waals surface area contributed by atoms with E-state index in [9.17, 15) is 0 Å². The van der Waals surface area contributed by atoms with Crippen molar-refractivity contribution in [1.82, 2.24) is 9.97 Å². The van der Waals surface area contributed by atoms with Crippen molar-refractivity contribution >= 4 is 39.2 Å². The van der Waals surface area contributed by atoms with Gasteiger partial charge in [0.15, 0.2) is 5.96 Å². The molecule has 0 amide bonds. The Morgan fingerprint density at radius 2 is 2.19 bits per heavy atom. The molecule has 0 aliphatic carbocycles. The number of aliphatic imine (C=N–C) groups is 1. The highest BCUT2D eigenvalue weighted by Gasteiger charge is 2.42. The van der Waals surface area contributed by atoms with Crippen LogP contribution in [0, 0.1) is 0 Å². The summed E-state index contributed by atoms with van der Waals surface area (Å²) in [5, 5.41) is 0.648. The largest absolute Gasteiger partial charge is 0.369 e. The number of hydrogen-bond acceptors (Lipinski definition) is 5. The van der Waals surface area contributed by atoms with Crippen LogP contribution in [-0.4, -0.2) is 22.5 Å². The van der Waals surface area contributed by atoms with Crippen molar-refractivity contribution in [1.29, 1.82) is 0 Å². The Morgan fingerprint density at radius 1 is 1.38 bits per heavy atom. The number of nitrogens with two attached hydrogens (primary N) is 1. The second-order valence-corrected chi connectivity index (χ2v) is 6.23. The lowest BCUT2D eigenvalue weighted by Gasteiger charge is -2.35. The first-order valence-electron chi connectivity index (χ1n) is 6.34. The number of rotatable bonds is 2. The minimum absolute atomic E-state index is 0.456. The van der Waals surface area contributed by atoms with E-state index in [0.29, 0.717) is 17.5 Å². The number of nitrogens with zero attached hydrogens (tertiary/aromatic N) is 4. The van der Waals surface area contributed by atoms with Crippen LogP contribution in [0.3, 0.4) is 0 Å². The molecule has 0 saturated heterocycles. The molecule has 1 atom stereocenters. The van der Waals surface area contributed by atoms with E-state index in [-0.39, 0.29) is 0 Å². The van der Waals surface area contributed by atoms with E-state index in [0.717, 1.165) is 15.9 Å². The summed E-state index contributed by atoms with van der Waals surface area (Å²) in [7, 11) is 0.